The summed E-state index contributed by atoms with van der Waals surface area (Å²) < 4.78 is 37.7. The molecule has 1 aromatic rings. The van der Waals surface area contributed by atoms with Gasteiger partial charge in [-0.1, -0.05) is 0 Å². The third kappa shape index (κ3) is 3.58. The number of ether oxygens (including phenoxy) is 2. The molecule has 0 saturated carbocycles. The van der Waals surface area contributed by atoms with Gasteiger partial charge >= 0.3 is 0 Å². The summed E-state index contributed by atoms with van der Waals surface area (Å²) >= 11 is 0. The number of nitrogens with zero attached hydrogens (tertiary/aromatic N) is 2. The highest BCUT2D eigenvalue weighted by atomic mass is 19.1. The van der Waals surface area contributed by atoms with Crippen LogP contribution in [0.1, 0.15) is 0 Å². The molecule has 1 heterocycles. The van der Waals surface area contributed by atoms with E-state index in [1.807, 2.05) is 11.9 Å². The predicted molar refractivity (Wildman–Crippen MR) is 73.4 cm³/mol. The fourth-order valence-electron chi connectivity index (χ4n) is 2.16. The normalized spacial score (nSPS) is 16.5. The molecule has 20 heavy (non-hydrogen) atoms. The molecule has 0 atom stereocenters. The molecule has 112 valence electrons. The highest BCUT2D eigenvalue weighted by Gasteiger charge is 2.19. The molecule has 1 aliphatic rings. The molecule has 0 unspecified atom stereocenters. The lowest BCUT2D eigenvalue weighted by Gasteiger charge is -2.34. The summed E-state index contributed by atoms with van der Waals surface area (Å²) in [6, 6.07) is 2.66. The Morgan fingerprint density at radius 3 is 2.20 bits per heavy atom. The van der Waals surface area contributed by atoms with E-state index in [1.165, 1.54) is 19.2 Å². The van der Waals surface area contributed by atoms with Crippen LogP contribution in [-0.2, 0) is 4.74 Å². The van der Waals surface area contributed by atoms with Crippen molar-refractivity contribution >= 4 is 5.69 Å². The molecule has 1 saturated heterocycles. The molecule has 4 nitrogen and oxygen atoms in total. The van der Waals surface area contributed by atoms with E-state index in [0.29, 0.717) is 12.3 Å². The number of halogens is 2. The fraction of sp³-hybridized carbons (Fsp3) is 0.571. The van der Waals surface area contributed by atoms with Crippen molar-refractivity contribution in [2.24, 2.45) is 0 Å². The third-order valence-electron chi connectivity index (χ3n) is 3.39. The van der Waals surface area contributed by atoms with E-state index in [0.717, 1.165) is 26.2 Å². The Kier molecular flexibility index (Phi) is 5.14. The van der Waals surface area contributed by atoms with E-state index >= 15 is 0 Å². The van der Waals surface area contributed by atoms with Crippen LogP contribution >= 0.6 is 0 Å². The van der Waals surface area contributed by atoms with Crippen molar-refractivity contribution < 1.29 is 18.3 Å². The van der Waals surface area contributed by atoms with Gasteiger partial charge in [0.1, 0.15) is 6.61 Å². The molecule has 0 amide bonds. The maximum absolute atomic E-state index is 13.9. The van der Waals surface area contributed by atoms with Crippen LogP contribution in [0.25, 0.3) is 0 Å². The zero-order valence-corrected chi connectivity index (χ0v) is 11.9. The maximum Gasteiger partial charge on any atom is 0.190 e. The minimum atomic E-state index is -0.671. The summed E-state index contributed by atoms with van der Waals surface area (Å²) in [5, 5.41) is 0. The second-order valence-electron chi connectivity index (χ2n) is 4.87. The van der Waals surface area contributed by atoms with Gasteiger partial charge in [-0.3, -0.25) is 0 Å². The van der Waals surface area contributed by atoms with Crippen molar-refractivity contribution in [3.05, 3.63) is 23.8 Å². The van der Waals surface area contributed by atoms with Crippen LogP contribution in [0.15, 0.2) is 12.1 Å². The summed E-state index contributed by atoms with van der Waals surface area (Å²) in [4.78, 5) is 4.16. The first kappa shape index (κ1) is 15.0. The standard InChI is InChI=1S/C14H20F2N2O2/c1-17-3-5-18(6-4-17)11-9-12(15)14(13(16)10-11)20-8-7-19-2/h9-10H,3-8H2,1-2H3. The number of piperazine rings is 1. The number of anilines is 1. The van der Waals surface area contributed by atoms with E-state index in [2.05, 4.69) is 4.90 Å². The first-order valence-electron chi connectivity index (χ1n) is 6.66. The van der Waals surface area contributed by atoms with E-state index in [4.69, 9.17) is 9.47 Å². The first-order chi connectivity index (χ1) is 9.61. The molecule has 0 radical (unpaired) electrons. The lowest BCUT2D eigenvalue weighted by atomic mass is 10.2. The van der Waals surface area contributed by atoms with Crippen LogP contribution in [0.2, 0.25) is 0 Å². The topological polar surface area (TPSA) is 24.9 Å². The molecule has 0 N–H and O–H groups in total. The van der Waals surface area contributed by atoms with Crippen molar-refractivity contribution in [3.63, 3.8) is 0 Å². The SMILES string of the molecule is COCCOc1c(F)cc(N2CCN(C)CC2)cc1F. The predicted octanol–water partition coefficient (Wildman–Crippen LogP) is 1.74. The highest BCUT2D eigenvalue weighted by molar-refractivity contribution is 5.51. The Morgan fingerprint density at radius 2 is 1.65 bits per heavy atom. The average molecular weight is 286 g/mol. The van der Waals surface area contributed by atoms with Crippen LogP contribution in [0.4, 0.5) is 14.5 Å². The van der Waals surface area contributed by atoms with E-state index < -0.39 is 11.6 Å². The Bertz CT molecular complexity index is 426. The number of likely N-dealkylation sites (N-methyl/N-ethyl adjacent to an activating group) is 1. The van der Waals surface area contributed by atoms with Gasteiger partial charge in [0.15, 0.2) is 17.4 Å². The first-order valence-corrected chi connectivity index (χ1v) is 6.66. The lowest BCUT2D eigenvalue weighted by molar-refractivity contribution is 0.141. The Hall–Kier alpha value is -1.40. The van der Waals surface area contributed by atoms with Crippen LogP contribution in [0.5, 0.6) is 5.75 Å². The molecule has 0 bridgehead atoms. The Labute approximate surface area is 117 Å². The molecular formula is C14H20F2N2O2. The summed E-state index contributed by atoms with van der Waals surface area (Å²) in [5.74, 6) is -1.68. The zero-order chi connectivity index (χ0) is 14.5. The van der Waals surface area contributed by atoms with E-state index in [1.54, 1.807) is 0 Å². The minimum Gasteiger partial charge on any atom is -0.485 e. The zero-order valence-electron chi connectivity index (χ0n) is 11.9. The lowest BCUT2D eigenvalue weighted by Crippen LogP contribution is -2.44. The van der Waals surface area contributed by atoms with Gasteiger partial charge in [-0.25, -0.2) is 8.78 Å². The smallest absolute Gasteiger partial charge is 0.190 e. The van der Waals surface area contributed by atoms with Crippen molar-refractivity contribution in [1.29, 1.82) is 0 Å². The van der Waals surface area contributed by atoms with Crippen molar-refractivity contribution in [2.75, 3.05) is 58.5 Å². The fourth-order valence-corrected chi connectivity index (χ4v) is 2.16. The highest BCUT2D eigenvalue weighted by Crippen LogP contribution is 2.28. The minimum absolute atomic E-state index is 0.123. The Morgan fingerprint density at radius 1 is 1.05 bits per heavy atom. The molecular weight excluding hydrogens is 266 g/mol. The van der Waals surface area contributed by atoms with Crippen molar-refractivity contribution in [2.45, 2.75) is 0 Å². The molecule has 0 aromatic heterocycles. The molecule has 1 fully saturated rings. The van der Waals surface area contributed by atoms with Gasteiger partial charge in [-0.05, 0) is 7.05 Å². The molecule has 0 aliphatic carbocycles. The number of benzene rings is 1. The molecule has 6 heteroatoms. The molecule has 1 aliphatic heterocycles. The van der Waals surface area contributed by atoms with E-state index in [9.17, 15) is 8.78 Å². The van der Waals surface area contributed by atoms with Crippen molar-refractivity contribution in [3.8, 4) is 5.75 Å². The Balaban J connectivity index is 2.09. The number of rotatable bonds is 5. The largest absolute Gasteiger partial charge is 0.485 e. The number of methoxy groups -OCH3 is 1. The summed E-state index contributed by atoms with van der Waals surface area (Å²) in [6.07, 6.45) is 0. The van der Waals surface area contributed by atoms with Crippen LogP contribution < -0.4 is 9.64 Å². The van der Waals surface area contributed by atoms with Gasteiger partial charge in [0.25, 0.3) is 0 Å². The van der Waals surface area contributed by atoms with Gasteiger partial charge in [-0.2, -0.15) is 0 Å². The number of hydrogen-bond acceptors (Lipinski definition) is 4. The van der Waals surface area contributed by atoms with Crippen LogP contribution in [-0.4, -0.2) is 58.5 Å². The number of hydrogen-bond donors (Lipinski definition) is 0. The molecule has 0 spiro atoms. The van der Waals surface area contributed by atoms with Crippen molar-refractivity contribution in [1.82, 2.24) is 4.90 Å². The van der Waals surface area contributed by atoms with Gasteiger partial charge < -0.3 is 19.3 Å². The van der Waals surface area contributed by atoms with E-state index in [-0.39, 0.29) is 12.4 Å². The van der Waals surface area contributed by atoms with Crippen LogP contribution in [0, 0.1) is 11.6 Å². The monoisotopic (exact) mass is 286 g/mol. The summed E-state index contributed by atoms with van der Waals surface area (Å²) in [7, 11) is 3.54. The maximum atomic E-state index is 13.9. The summed E-state index contributed by atoms with van der Waals surface area (Å²) in [6.45, 7) is 3.71. The van der Waals surface area contributed by atoms with Crippen LogP contribution in [0.3, 0.4) is 0 Å². The molecule has 2 rings (SSSR count). The average Bonchev–Trinajstić information content (AvgIpc) is 2.42. The van der Waals surface area contributed by atoms with Gasteiger partial charge in [-0.15, -0.1) is 0 Å². The molecule has 1 aromatic carbocycles. The quantitative estimate of drug-likeness (QED) is 0.770. The second kappa shape index (κ2) is 6.85. The summed E-state index contributed by atoms with van der Waals surface area (Å²) in [5.41, 5.74) is 0.562. The van der Waals surface area contributed by atoms with Gasteiger partial charge in [0.2, 0.25) is 0 Å². The third-order valence-corrected chi connectivity index (χ3v) is 3.39. The second-order valence-corrected chi connectivity index (χ2v) is 4.87. The van der Waals surface area contributed by atoms with Gasteiger partial charge in [0, 0.05) is 51.1 Å². The van der Waals surface area contributed by atoms with Gasteiger partial charge in [0.05, 0.1) is 6.61 Å².